The fourth-order valence-corrected chi connectivity index (χ4v) is 13.9. The van der Waals surface area contributed by atoms with Crippen LogP contribution in [0.25, 0.3) is 94.4 Å². The number of para-hydroxylation sites is 3. The van der Waals surface area contributed by atoms with Crippen LogP contribution in [0.2, 0.25) is 0 Å². The van der Waals surface area contributed by atoms with Crippen molar-refractivity contribution in [3.8, 4) is 84.1 Å². The summed E-state index contributed by atoms with van der Waals surface area (Å²) in [4.78, 5) is 9.80. The Hall–Kier alpha value is -10.3. The average Bonchev–Trinajstić information content (AvgIpc) is 1.62. The van der Waals surface area contributed by atoms with Crippen LogP contribution in [0.15, 0.2) is 279 Å². The van der Waals surface area contributed by atoms with E-state index in [2.05, 4.69) is 335 Å². The van der Waals surface area contributed by atoms with E-state index in [1.165, 1.54) is 27.6 Å². The summed E-state index contributed by atoms with van der Waals surface area (Å²) in [5.74, 6) is 2.02. The summed E-state index contributed by atoms with van der Waals surface area (Å²) >= 11 is 0. The third-order valence-corrected chi connectivity index (χ3v) is 18.2. The van der Waals surface area contributed by atoms with Gasteiger partial charge in [-0.3, -0.25) is 0 Å². The molecule has 0 saturated heterocycles. The number of hydrogen-bond donors (Lipinski definition) is 0. The molecule has 16 rings (SSSR count). The van der Waals surface area contributed by atoms with Gasteiger partial charge in [0.05, 0.1) is 0 Å². The largest absolute Gasteiger partial charge is 0.509 e. The van der Waals surface area contributed by atoms with Gasteiger partial charge in [-0.25, -0.2) is 4.98 Å². The summed E-state index contributed by atoms with van der Waals surface area (Å²) in [6, 6.07) is 107. The molecule has 0 amide bonds. The Bertz CT molecular complexity index is 4820. The Balaban J connectivity index is 0.00000689. The summed E-state index contributed by atoms with van der Waals surface area (Å²) in [6.07, 6.45) is 1.92. The predicted octanol–water partition coefficient (Wildman–Crippen LogP) is 19.7. The predicted molar refractivity (Wildman–Crippen MR) is 376 cm³/mol. The molecule has 2 aliphatic heterocycles. The second-order valence-corrected chi connectivity index (χ2v) is 24.9. The second-order valence-electron chi connectivity index (χ2n) is 24.9. The second kappa shape index (κ2) is 23.3. The molecule has 0 aliphatic carbocycles. The van der Waals surface area contributed by atoms with Crippen molar-refractivity contribution in [2.45, 2.75) is 40.0 Å². The molecule has 2 aromatic heterocycles. The summed E-state index contributed by atoms with van der Waals surface area (Å²) in [7, 11) is 0. The first-order valence-corrected chi connectivity index (χ1v) is 31.0. The Labute approximate surface area is 547 Å². The minimum Gasteiger partial charge on any atom is -0.509 e. The molecule has 7 heteroatoms. The van der Waals surface area contributed by atoms with Crippen LogP contribution in [0, 0.1) is 32.6 Å². The van der Waals surface area contributed by atoms with E-state index in [4.69, 9.17) is 9.72 Å². The number of rotatable bonds is 11. The average molecular weight is 1350 g/mol. The zero-order valence-corrected chi connectivity index (χ0v) is 53.5. The third-order valence-electron chi connectivity index (χ3n) is 18.2. The van der Waals surface area contributed by atoms with E-state index in [1.54, 1.807) is 0 Å². The molecule has 0 fully saturated rings. The van der Waals surface area contributed by atoms with E-state index < -0.39 is 0 Å². The van der Waals surface area contributed by atoms with Crippen molar-refractivity contribution >= 4 is 67.7 Å². The molecular formula is C84H62BN4OPt-3. The number of nitrogens with zero attached hydrogens (tertiary/aromatic N) is 4. The fourth-order valence-electron chi connectivity index (χ4n) is 13.9. The normalized spacial score (nSPS) is 12.5. The van der Waals surface area contributed by atoms with Crippen molar-refractivity contribution in [3.05, 3.63) is 315 Å². The van der Waals surface area contributed by atoms with E-state index in [9.17, 15) is 0 Å². The van der Waals surface area contributed by atoms with Gasteiger partial charge in [-0.15, -0.1) is 47.5 Å². The number of hydrogen-bond acceptors (Lipinski definition) is 4. The zero-order chi connectivity index (χ0) is 60.6. The van der Waals surface area contributed by atoms with Crippen molar-refractivity contribution in [1.29, 1.82) is 0 Å². The first-order chi connectivity index (χ1) is 44.1. The van der Waals surface area contributed by atoms with E-state index in [-0.39, 0.29) is 33.2 Å². The zero-order valence-electron chi connectivity index (χ0n) is 51.2. The molecular weight excluding hydrogens is 1290 g/mol. The van der Waals surface area contributed by atoms with Crippen LogP contribution in [-0.4, -0.2) is 16.3 Å². The molecule has 0 N–H and O–H groups in total. The van der Waals surface area contributed by atoms with Gasteiger partial charge in [0.15, 0.2) is 6.71 Å². The van der Waals surface area contributed by atoms with Gasteiger partial charge in [0.25, 0.3) is 0 Å². The van der Waals surface area contributed by atoms with Crippen molar-refractivity contribution in [2.75, 3.05) is 9.80 Å². The summed E-state index contributed by atoms with van der Waals surface area (Å²) < 4.78 is 9.28. The van der Waals surface area contributed by atoms with Gasteiger partial charge in [-0.05, 0) is 147 Å². The van der Waals surface area contributed by atoms with Crippen molar-refractivity contribution in [2.24, 2.45) is 0 Å². The fraction of sp³-hybridized carbons (Fsp3) is 0.0714. The van der Waals surface area contributed by atoms with Crippen LogP contribution in [-0.2, 0) is 26.5 Å². The Morgan fingerprint density at radius 2 is 0.934 bits per heavy atom. The number of aryl methyl sites for hydroxylation is 2. The first kappa shape index (κ1) is 57.2. The molecule has 0 atom stereocenters. The molecule has 2 aliphatic rings. The number of ether oxygens (including phenoxy) is 1. The van der Waals surface area contributed by atoms with Crippen LogP contribution in [0.5, 0.6) is 11.5 Å². The minimum absolute atomic E-state index is 0. The molecule has 0 bridgehead atoms. The molecule has 5 nitrogen and oxygen atoms in total. The summed E-state index contributed by atoms with van der Waals surface area (Å²) in [5, 5.41) is 2.21. The number of benzene rings is 12. The quantitative estimate of drug-likeness (QED) is 0.0955. The van der Waals surface area contributed by atoms with Gasteiger partial charge in [-0.1, -0.05) is 236 Å². The minimum atomic E-state index is -0.109. The van der Waals surface area contributed by atoms with Gasteiger partial charge >= 0.3 is 0 Å². The van der Waals surface area contributed by atoms with Crippen LogP contribution in [0.4, 0.5) is 22.7 Å². The van der Waals surface area contributed by atoms with Gasteiger partial charge < -0.3 is 19.1 Å². The van der Waals surface area contributed by atoms with Crippen molar-refractivity contribution in [3.63, 3.8) is 0 Å². The molecule has 4 heterocycles. The molecule has 0 unspecified atom stereocenters. The molecule has 12 aromatic carbocycles. The topological polar surface area (TPSA) is 33.5 Å². The molecule has 0 radical (unpaired) electrons. The van der Waals surface area contributed by atoms with Gasteiger partial charge in [0.2, 0.25) is 0 Å². The van der Waals surface area contributed by atoms with E-state index in [0.717, 1.165) is 123 Å². The van der Waals surface area contributed by atoms with E-state index >= 15 is 0 Å². The maximum Gasteiger partial charge on any atom is 0.181 e. The summed E-state index contributed by atoms with van der Waals surface area (Å²) in [6.45, 7) is 13.4. The Morgan fingerprint density at radius 1 is 0.429 bits per heavy atom. The third kappa shape index (κ3) is 10.3. The van der Waals surface area contributed by atoms with Gasteiger partial charge in [0, 0.05) is 72.5 Å². The first-order valence-electron chi connectivity index (χ1n) is 31.0. The molecule has 14 aromatic rings. The Morgan fingerprint density at radius 3 is 1.51 bits per heavy atom. The number of aromatic nitrogens is 2. The van der Waals surface area contributed by atoms with Gasteiger partial charge in [-0.2, -0.15) is 12.1 Å². The number of anilines is 4. The number of pyridine rings is 1. The van der Waals surface area contributed by atoms with E-state index in [1.807, 2.05) is 12.3 Å². The maximum absolute atomic E-state index is 7.06. The standard InChI is InChI=1S/C84H62BN4O.Pt/c1-55-23-20-24-56(2)81(55)85-74-42-40-69(90-68-39-41-73-72-33-18-19-37-76(72)89(78(73)52-68)80-51-67(43-44-86-80)84(3,4)5)53-79(74)88-54-87(77-38-22-36-75(85)83(77)88)82-70(65-47-61(57-25-10-6-11-26-57)45-62(48-65)58-27-12-7-13-28-58)34-21-35-71(82)66-49-63(59-29-14-8-15-30-59)46-64(50-66)60-31-16-9-17-32-60;/h6-51,54H,1-5H3;/q-3;. The van der Waals surface area contributed by atoms with Crippen molar-refractivity contribution < 1.29 is 25.8 Å². The van der Waals surface area contributed by atoms with Crippen molar-refractivity contribution in [1.82, 2.24) is 9.55 Å². The SMILES string of the molecule is Cc1cccc(C)c1B1c2ccc(Oc3[c-]c4c(cc3)c3ccccc3n4-c3cc(C(C)(C)C)ccn3)[c-]c2N2[CH-]N(c3c(-c4cc(-c5ccccc5)cc(-c5ccccc5)c4)cccc3-c3cc(-c4ccccc4)cc(-c4ccccc4)c3)c3cccc1c32.[Pt]. The molecule has 440 valence electrons. The monoisotopic (exact) mass is 1350 g/mol. The van der Waals surface area contributed by atoms with Crippen LogP contribution >= 0.6 is 0 Å². The molecule has 91 heavy (non-hydrogen) atoms. The van der Waals surface area contributed by atoms with Crippen LogP contribution in [0.3, 0.4) is 0 Å². The van der Waals surface area contributed by atoms with Crippen LogP contribution in [0.1, 0.15) is 37.5 Å². The Kier molecular flexibility index (Phi) is 14.6. The van der Waals surface area contributed by atoms with Gasteiger partial charge in [0.1, 0.15) is 5.82 Å². The van der Waals surface area contributed by atoms with Crippen LogP contribution < -0.4 is 30.9 Å². The summed E-state index contributed by atoms with van der Waals surface area (Å²) in [5.41, 5.74) is 27.0. The number of fused-ring (bicyclic) bond motifs is 5. The maximum atomic E-state index is 7.06. The molecule has 0 saturated carbocycles. The molecule has 0 spiro atoms. The van der Waals surface area contributed by atoms with E-state index in [0.29, 0.717) is 11.5 Å². The smallest absolute Gasteiger partial charge is 0.181 e.